The van der Waals surface area contributed by atoms with Gasteiger partial charge in [0.25, 0.3) is 0 Å². The highest BCUT2D eigenvalue weighted by Crippen LogP contribution is 2.38. The fourth-order valence-electron chi connectivity index (χ4n) is 2.28. The van der Waals surface area contributed by atoms with Crippen LogP contribution in [0, 0.1) is 5.82 Å². The van der Waals surface area contributed by atoms with Gasteiger partial charge < -0.3 is 9.84 Å². The summed E-state index contributed by atoms with van der Waals surface area (Å²) in [5.41, 5.74) is 5.09. The first-order valence-electron chi connectivity index (χ1n) is 6.00. The minimum absolute atomic E-state index is 0.0778. The molecular formula is C12H11F4N3O2. The maximum Gasteiger partial charge on any atom is 0.416 e. The van der Waals surface area contributed by atoms with Gasteiger partial charge in [-0.2, -0.15) is 13.2 Å². The summed E-state index contributed by atoms with van der Waals surface area (Å²) in [5.74, 6) is -1.20. The summed E-state index contributed by atoms with van der Waals surface area (Å²) in [7, 11) is 0. The number of azide groups is 1. The lowest BCUT2D eigenvalue weighted by atomic mass is 9.82. The van der Waals surface area contributed by atoms with E-state index in [0.717, 1.165) is 6.07 Å². The zero-order valence-electron chi connectivity index (χ0n) is 10.6. The Morgan fingerprint density at radius 3 is 2.71 bits per heavy atom. The molecule has 1 fully saturated rings. The third kappa shape index (κ3) is 2.94. The van der Waals surface area contributed by atoms with Crippen LogP contribution in [-0.2, 0) is 16.5 Å². The van der Waals surface area contributed by atoms with E-state index in [1.54, 1.807) is 0 Å². The van der Waals surface area contributed by atoms with E-state index in [2.05, 4.69) is 10.0 Å². The molecule has 0 radical (unpaired) electrons. The van der Waals surface area contributed by atoms with Crippen LogP contribution in [0.5, 0.6) is 0 Å². The Kier molecular flexibility index (Phi) is 4.08. The van der Waals surface area contributed by atoms with Crippen molar-refractivity contribution in [3.8, 4) is 0 Å². The third-order valence-corrected chi connectivity index (χ3v) is 3.41. The first kappa shape index (κ1) is 15.6. The molecule has 2 atom stereocenters. The largest absolute Gasteiger partial charge is 0.416 e. The van der Waals surface area contributed by atoms with E-state index in [1.165, 1.54) is 0 Å². The Bertz CT molecular complexity index is 586. The van der Waals surface area contributed by atoms with E-state index in [0.29, 0.717) is 12.1 Å². The van der Waals surface area contributed by atoms with Crippen LogP contribution in [-0.4, -0.2) is 24.4 Å². The van der Waals surface area contributed by atoms with Crippen molar-refractivity contribution in [2.75, 3.05) is 13.2 Å². The summed E-state index contributed by atoms with van der Waals surface area (Å²) < 4.78 is 56.6. The van der Waals surface area contributed by atoms with Crippen molar-refractivity contribution in [1.82, 2.24) is 0 Å². The van der Waals surface area contributed by atoms with Crippen LogP contribution in [0.3, 0.4) is 0 Å². The van der Waals surface area contributed by atoms with Gasteiger partial charge in [-0.3, -0.25) is 0 Å². The molecule has 2 rings (SSSR count). The topological polar surface area (TPSA) is 78.2 Å². The van der Waals surface area contributed by atoms with Crippen LogP contribution in [0.2, 0.25) is 0 Å². The predicted molar refractivity (Wildman–Crippen MR) is 63.7 cm³/mol. The zero-order chi connectivity index (χ0) is 15.7. The van der Waals surface area contributed by atoms with E-state index < -0.39 is 29.2 Å². The molecule has 1 saturated heterocycles. The van der Waals surface area contributed by atoms with Gasteiger partial charge in [0.05, 0.1) is 18.2 Å². The van der Waals surface area contributed by atoms with Crippen molar-refractivity contribution in [2.45, 2.75) is 24.2 Å². The van der Waals surface area contributed by atoms with Gasteiger partial charge in [-0.25, -0.2) is 4.39 Å². The van der Waals surface area contributed by atoms with Crippen molar-refractivity contribution in [3.05, 3.63) is 45.6 Å². The van der Waals surface area contributed by atoms with Crippen molar-refractivity contribution in [2.24, 2.45) is 5.11 Å². The molecule has 0 aliphatic carbocycles. The molecule has 1 aliphatic rings. The Morgan fingerprint density at radius 2 is 2.14 bits per heavy atom. The highest BCUT2D eigenvalue weighted by molar-refractivity contribution is 5.32. The molecular weight excluding hydrogens is 294 g/mol. The second-order valence-corrected chi connectivity index (χ2v) is 4.66. The van der Waals surface area contributed by atoms with Crippen LogP contribution in [0.15, 0.2) is 23.3 Å². The number of nitrogens with zero attached hydrogens (tertiary/aromatic N) is 3. The number of aliphatic hydroxyl groups is 1. The van der Waals surface area contributed by atoms with Crippen LogP contribution in [0.25, 0.3) is 10.4 Å². The van der Waals surface area contributed by atoms with Crippen molar-refractivity contribution in [3.63, 3.8) is 0 Å². The molecule has 0 bridgehead atoms. The molecule has 5 nitrogen and oxygen atoms in total. The number of rotatable bonds is 2. The van der Waals surface area contributed by atoms with Gasteiger partial charge in [-0.1, -0.05) is 11.2 Å². The Labute approximate surface area is 116 Å². The van der Waals surface area contributed by atoms with Gasteiger partial charge in [-0.15, -0.1) is 0 Å². The maximum absolute atomic E-state index is 14.0. The molecule has 114 valence electrons. The third-order valence-electron chi connectivity index (χ3n) is 3.41. The number of hydrogen-bond donors (Lipinski definition) is 1. The van der Waals surface area contributed by atoms with Gasteiger partial charge in [0.1, 0.15) is 11.4 Å². The smallest absolute Gasteiger partial charge is 0.384 e. The second kappa shape index (κ2) is 5.51. The summed E-state index contributed by atoms with van der Waals surface area (Å²) in [5, 5.41) is 13.9. The van der Waals surface area contributed by atoms with E-state index in [4.69, 9.17) is 10.3 Å². The molecule has 21 heavy (non-hydrogen) atoms. The minimum atomic E-state index is -4.68. The Morgan fingerprint density at radius 1 is 1.43 bits per heavy atom. The Balaban J connectivity index is 2.46. The molecule has 1 aromatic carbocycles. The first-order valence-corrected chi connectivity index (χ1v) is 6.00. The number of halogens is 4. The lowest BCUT2D eigenvalue weighted by Crippen LogP contribution is -2.46. The molecule has 0 amide bonds. The average molecular weight is 305 g/mol. The lowest BCUT2D eigenvalue weighted by Gasteiger charge is -2.38. The van der Waals surface area contributed by atoms with Crippen LogP contribution >= 0.6 is 0 Å². The van der Waals surface area contributed by atoms with E-state index >= 15 is 0 Å². The number of ether oxygens (including phenoxy) is 1. The van der Waals surface area contributed by atoms with Crippen molar-refractivity contribution >= 4 is 0 Å². The fourth-order valence-corrected chi connectivity index (χ4v) is 2.28. The van der Waals surface area contributed by atoms with Gasteiger partial charge in [0.15, 0.2) is 0 Å². The number of benzene rings is 1. The van der Waals surface area contributed by atoms with Gasteiger partial charge in [-0.05, 0) is 17.7 Å². The minimum Gasteiger partial charge on any atom is -0.384 e. The SMILES string of the molecule is [N-]=[N+]=NC1COCCC1(O)c1ccc(C(F)(F)F)cc1F. The maximum atomic E-state index is 14.0. The van der Waals surface area contributed by atoms with E-state index in [1.807, 2.05) is 0 Å². The predicted octanol–water partition coefficient (Wildman–Crippen LogP) is 3.13. The van der Waals surface area contributed by atoms with Crippen LogP contribution in [0.1, 0.15) is 17.5 Å². The second-order valence-electron chi connectivity index (χ2n) is 4.66. The number of hydrogen-bond acceptors (Lipinski definition) is 3. The lowest BCUT2D eigenvalue weighted by molar-refractivity contribution is -0.138. The molecule has 1 aliphatic heterocycles. The molecule has 1 heterocycles. The monoisotopic (exact) mass is 305 g/mol. The highest BCUT2D eigenvalue weighted by Gasteiger charge is 2.43. The fraction of sp³-hybridized carbons (Fsp3) is 0.500. The summed E-state index contributed by atoms with van der Waals surface area (Å²) in [6, 6.07) is 0.751. The standard InChI is InChI=1S/C12H11F4N3O2/c13-9-5-7(12(14,15)16)1-2-8(9)11(20)3-4-21-6-10(11)18-19-17/h1-2,5,10,20H,3-4,6H2. The summed E-state index contributed by atoms with van der Waals surface area (Å²) in [6.07, 6.45) is -4.76. The number of alkyl halides is 3. The molecule has 1 N–H and O–H groups in total. The Hall–Kier alpha value is -1.83. The van der Waals surface area contributed by atoms with Crippen LogP contribution < -0.4 is 0 Å². The first-order chi connectivity index (χ1) is 9.79. The van der Waals surface area contributed by atoms with Gasteiger partial charge in [0.2, 0.25) is 0 Å². The van der Waals surface area contributed by atoms with E-state index in [9.17, 15) is 22.7 Å². The molecule has 0 spiro atoms. The summed E-state index contributed by atoms with van der Waals surface area (Å²) in [6.45, 7) is -0.0601. The van der Waals surface area contributed by atoms with Crippen molar-refractivity contribution < 1.29 is 27.4 Å². The normalized spacial score (nSPS) is 26.2. The average Bonchev–Trinajstić information content (AvgIpc) is 2.40. The van der Waals surface area contributed by atoms with Gasteiger partial charge in [0, 0.05) is 23.5 Å². The molecule has 2 unspecified atom stereocenters. The van der Waals surface area contributed by atoms with Gasteiger partial charge >= 0.3 is 6.18 Å². The highest BCUT2D eigenvalue weighted by atomic mass is 19.4. The molecule has 0 aromatic heterocycles. The quantitative estimate of drug-likeness (QED) is 0.394. The van der Waals surface area contributed by atoms with Crippen LogP contribution in [0.4, 0.5) is 17.6 Å². The molecule has 0 saturated carbocycles. The summed E-state index contributed by atoms with van der Waals surface area (Å²) in [4.78, 5) is 2.55. The van der Waals surface area contributed by atoms with Crippen molar-refractivity contribution in [1.29, 1.82) is 0 Å². The zero-order valence-corrected chi connectivity index (χ0v) is 10.6. The molecule has 9 heteroatoms. The summed E-state index contributed by atoms with van der Waals surface area (Å²) >= 11 is 0. The molecule has 1 aromatic rings. The van der Waals surface area contributed by atoms with E-state index in [-0.39, 0.29) is 25.2 Å².